The second kappa shape index (κ2) is 5.94. The van der Waals surface area contributed by atoms with Crippen LogP contribution in [0, 0.1) is 6.92 Å². The summed E-state index contributed by atoms with van der Waals surface area (Å²) in [5.74, 6) is 1.43. The first-order valence-electron chi connectivity index (χ1n) is 7.09. The Bertz CT molecular complexity index is 751. The van der Waals surface area contributed by atoms with Gasteiger partial charge in [0.1, 0.15) is 5.75 Å². The van der Waals surface area contributed by atoms with Gasteiger partial charge in [-0.05, 0) is 44.2 Å². The number of hydrogen-bond acceptors (Lipinski definition) is 3. The highest BCUT2D eigenvalue weighted by Gasteiger charge is 2.09. The largest absolute Gasteiger partial charge is 0.439 e. The lowest BCUT2D eigenvalue weighted by Crippen LogP contribution is -2.05. The maximum absolute atomic E-state index is 5.96. The topological polar surface area (TPSA) is 48.1 Å². The standard InChI is InChI=1S/C18H18N2O/c1-13-6-8-16(9-7-13)21-18-15(10-11-19)12-14-4-2-3-5-17(14)20-18/h2-9,12H,10-11,19H2,1H3. The molecule has 0 bridgehead atoms. The molecule has 2 N–H and O–H groups in total. The van der Waals surface area contributed by atoms with Crippen LogP contribution in [0.5, 0.6) is 11.6 Å². The molecule has 1 aromatic heterocycles. The first kappa shape index (κ1) is 13.6. The Morgan fingerprint density at radius 3 is 2.57 bits per heavy atom. The molecule has 0 aliphatic heterocycles. The quantitative estimate of drug-likeness (QED) is 0.789. The number of nitrogens with two attached hydrogens (primary N) is 1. The summed E-state index contributed by atoms with van der Waals surface area (Å²) >= 11 is 0. The summed E-state index contributed by atoms with van der Waals surface area (Å²) in [7, 11) is 0. The van der Waals surface area contributed by atoms with Crippen molar-refractivity contribution in [3.8, 4) is 11.6 Å². The van der Waals surface area contributed by atoms with Crippen molar-refractivity contribution in [2.75, 3.05) is 6.54 Å². The maximum Gasteiger partial charge on any atom is 0.223 e. The Kier molecular flexibility index (Phi) is 3.84. The Morgan fingerprint density at radius 1 is 1.05 bits per heavy atom. The zero-order chi connectivity index (χ0) is 14.7. The molecule has 21 heavy (non-hydrogen) atoms. The molecular formula is C18H18N2O. The second-order valence-corrected chi connectivity index (χ2v) is 5.10. The molecule has 0 fully saturated rings. The molecule has 0 saturated carbocycles. The summed E-state index contributed by atoms with van der Waals surface area (Å²) in [6.07, 6.45) is 0.749. The van der Waals surface area contributed by atoms with Crippen molar-refractivity contribution in [1.29, 1.82) is 0 Å². The smallest absolute Gasteiger partial charge is 0.223 e. The Morgan fingerprint density at radius 2 is 1.81 bits per heavy atom. The summed E-state index contributed by atoms with van der Waals surface area (Å²) in [6.45, 7) is 2.63. The van der Waals surface area contributed by atoms with Crippen LogP contribution in [-0.4, -0.2) is 11.5 Å². The molecule has 106 valence electrons. The van der Waals surface area contributed by atoms with E-state index in [4.69, 9.17) is 10.5 Å². The van der Waals surface area contributed by atoms with Crippen LogP contribution >= 0.6 is 0 Å². The lowest BCUT2D eigenvalue weighted by molar-refractivity contribution is 0.458. The molecule has 0 atom stereocenters. The molecule has 0 spiro atoms. The van der Waals surface area contributed by atoms with Crippen LogP contribution in [-0.2, 0) is 6.42 Å². The number of hydrogen-bond donors (Lipinski definition) is 1. The number of nitrogens with zero attached hydrogens (tertiary/aromatic N) is 1. The van der Waals surface area contributed by atoms with Gasteiger partial charge in [0.15, 0.2) is 0 Å². The van der Waals surface area contributed by atoms with Gasteiger partial charge in [-0.15, -0.1) is 0 Å². The molecule has 1 heterocycles. The maximum atomic E-state index is 5.96. The summed E-state index contributed by atoms with van der Waals surface area (Å²) in [4.78, 5) is 4.63. The van der Waals surface area contributed by atoms with Gasteiger partial charge in [0.2, 0.25) is 5.88 Å². The van der Waals surface area contributed by atoms with Gasteiger partial charge >= 0.3 is 0 Å². The van der Waals surface area contributed by atoms with Gasteiger partial charge in [-0.1, -0.05) is 35.9 Å². The molecule has 0 radical (unpaired) electrons. The Labute approximate surface area is 124 Å². The van der Waals surface area contributed by atoms with Crippen LogP contribution in [0.15, 0.2) is 54.6 Å². The van der Waals surface area contributed by atoms with Crippen molar-refractivity contribution in [2.45, 2.75) is 13.3 Å². The minimum atomic E-state index is 0.574. The highest BCUT2D eigenvalue weighted by Crippen LogP contribution is 2.27. The number of fused-ring (bicyclic) bond motifs is 1. The molecular weight excluding hydrogens is 260 g/mol. The van der Waals surface area contributed by atoms with E-state index in [2.05, 4.69) is 24.0 Å². The van der Waals surface area contributed by atoms with Gasteiger partial charge in [-0.3, -0.25) is 0 Å². The van der Waals surface area contributed by atoms with Gasteiger partial charge in [0, 0.05) is 10.9 Å². The number of para-hydroxylation sites is 1. The summed E-state index contributed by atoms with van der Waals surface area (Å²) in [5, 5.41) is 1.11. The Hall–Kier alpha value is -2.39. The van der Waals surface area contributed by atoms with Crippen LogP contribution in [0.4, 0.5) is 0 Å². The number of ether oxygens (including phenoxy) is 1. The highest BCUT2D eigenvalue weighted by atomic mass is 16.5. The monoisotopic (exact) mass is 278 g/mol. The van der Waals surface area contributed by atoms with Crippen molar-refractivity contribution in [2.24, 2.45) is 5.73 Å². The zero-order valence-corrected chi connectivity index (χ0v) is 12.0. The third-order valence-corrected chi connectivity index (χ3v) is 3.41. The highest BCUT2D eigenvalue weighted by molar-refractivity contribution is 5.80. The minimum absolute atomic E-state index is 0.574. The molecule has 3 rings (SSSR count). The summed E-state index contributed by atoms with van der Waals surface area (Å²) in [5.41, 5.74) is 8.88. The van der Waals surface area contributed by atoms with E-state index in [1.807, 2.05) is 42.5 Å². The summed E-state index contributed by atoms with van der Waals surface area (Å²) in [6, 6.07) is 18.1. The first-order chi connectivity index (χ1) is 10.3. The van der Waals surface area contributed by atoms with E-state index in [0.717, 1.165) is 28.6 Å². The normalized spacial score (nSPS) is 10.8. The van der Waals surface area contributed by atoms with Gasteiger partial charge in [-0.25, -0.2) is 4.98 Å². The fourth-order valence-corrected chi connectivity index (χ4v) is 2.28. The van der Waals surface area contributed by atoms with Crippen LogP contribution in [0.3, 0.4) is 0 Å². The number of aromatic nitrogens is 1. The second-order valence-electron chi connectivity index (χ2n) is 5.10. The first-order valence-corrected chi connectivity index (χ1v) is 7.09. The predicted molar refractivity (Wildman–Crippen MR) is 85.8 cm³/mol. The molecule has 3 aromatic rings. The number of rotatable bonds is 4. The molecule has 0 unspecified atom stereocenters. The van der Waals surface area contributed by atoms with Crippen molar-refractivity contribution >= 4 is 10.9 Å². The van der Waals surface area contributed by atoms with E-state index < -0.39 is 0 Å². The van der Waals surface area contributed by atoms with E-state index >= 15 is 0 Å². The third kappa shape index (κ3) is 3.03. The van der Waals surface area contributed by atoms with E-state index in [1.54, 1.807) is 0 Å². The van der Waals surface area contributed by atoms with Crippen molar-refractivity contribution in [1.82, 2.24) is 4.98 Å². The molecule has 3 heteroatoms. The van der Waals surface area contributed by atoms with Crippen molar-refractivity contribution < 1.29 is 4.74 Å². The average Bonchev–Trinajstić information content (AvgIpc) is 2.50. The fourth-order valence-electron chi connectivity index (χ4n) is 2.28. The van der Waals surface area contributed by atoms with Crippen molar-refractivity contribution in [3.63, 3.8) is 0 Å². The molecule has 0 amide bonds. The molecule has 0 saturated heterocycles. The Balaban J connectivity index is 2.02. The lowest BCUT2D eigenvalue weighted by Gasteiger charge is -2.11. The van der Waals surface area contributed by atoms with Gasteiger partial charge in [0.05, 0.1) is 5.52 Å². The SMILES string of the molecule is Cc1ccc(Oc2nc3ccccc3cc2CCN)cc1. The molecule has 0 aliphatic carbocycles. The van der Waals surface area contributed by atoms with Crippen molar-refractivity contribution in [3.05, 3.63) is 65.7 Å². The fraction of sp³-hybridized carbons (Fsp3) is 0.167. The van der Waals surface area contributed by atoms with Gasteiger partial charge in [0.25, 0.3) is 0 Å². The van der Waals surface area contributed by atoms with Gasteiger partial charge < -0.3 is 10.5 Å². The van der Waals surface area contributed by atoms with Crippen LogP contribution < -0.4 is 10.5 Å². The van der Waals surface area contributed by atoms with Gasteiger partial charge in [-0.2, -0.15) is 0 Å². The molecule has 2 aromatic carbocycles. The molecule has 3 nitrogen and oxygen atoms in total. The predicted octanol–water partition coefficient (Wildman–Crippen LogP) is 3.84. The summed E-state index contributed by atoms with van der Waals surface area (Å²) < 4.78 is 5.96. The number of pyridine rings is 1. The number of aryl methyl sites for hydroxylation is 1. The average molecular weight is 278 g/mol. The van der Waals surface area contributed by atoms with Crippen LogP contribution in [0.25, 0.3) is 10.9 Å². The zero-order valence-electron chi connectivity index (χ0n) is 12.0. The van der Waals surface area contributed by atoms with Crippen LogP contribution in [0.2, 0.25) is 0 Å². The van der Waals surface area contributed by atoms with E-state index in [-0.39, 0.29) is 0 Å². The lowest BCUT2D eigenvalue weighted by atomic mass is 10.1. The third-order valence-electron chi connectivity index (χ3n) is 3.41. The van der Waals surface area contributed by atoms with E-state index in [0.29, 0.717) is 12.4 Å². The minimum Gasteiger partial charge on any atom is -0.439 e. The van der Waals surface area contributed by atoms with E-state index in [9.17, 15) is 0 Å². The van der Waals surface area contributed by atoms with Crippen LogP contribution in [0.1, 0.15) is 11.1 Å². The number of benzene rings is 2. The van der Waals surface area contributed by atoms with E-state index in [1.165, 1.54) is 5.56 Å². The molecule has 0 aliphatic rings.